The number of hydrogen-bond acceptors (Lipinski definition) is 6. The van der Waals surface area contributed by atoms with Crippen LogP contribution in [0.1, 0.15) is 29.3 Å². The number of nitrogens with zero attached hydrogens (tertiary/aromatic N) is 3. The Morgan fingerprint density at radius 3 is 2.67 bits per heavy atom. The maximum atomic E-state index is 10.5. The van der Waals surface area contributed by atoms with E-state index in [1.165, 1.54) is 11.3 Å². The summed E-state index contributed by atoms with van der Waals surface area (Å²) in [4.78, 5) is 13.8. The van der Waals surface area contributed by atoms with E-state index < -0.39 is 6.23 Å². The number of nitrogens with one attached hydrogen (secondary N) is 1. The van der Waals surface area contributed by atoms with E-state index in [0.717, 1.165) is 22.6 Å². The molecule has 7 heteroatoms. The summed E-state index contributed by atoms with van der Waals surface area (Å²) in [5.74, 6) is 0.571. The largest absolute Gasteiger partial charge is 0.373 e. The van der Waals surface area contributed by atoms with Gasteiger partial charge in [-0.05, 0) is 24.1 Å². The molecule has 0 amide bonds. The lowest BCUT2D eigenvalue weighted by Gasteiger charge is -2.13. The topological polar surface area (TPSA) is 70.9 Å². The second kappa shape index (κ2) is 7.81. The highest BCUT2D eigenvalue weighted by Crippen LogP contribution is 2.30. The van der Waals surface area contributed by atoms with E-state index >= 15 is 0 Å². The first kappa shape index (κ1) is 17.0. The molecule has 3 aromatic rings. The van der Waals surface area contributed by atoms with Gasteiger partial charge in [-0.15, -0.1) is 11.3 Å². The van der Waals surface area contributed by atoms with Gasteiger partial charge in [0.1, 0.15) is 6.23 Å². The summed E-state index contributed by atoms with van der Waals surface area (Å²) < 4.78 is 0. The minimum Gasteiger partial charge on any atom is -0.373 e. The van der Waals surface area contributed by atoms with Crippen molar-refractivity contribution in [2.24, 2.45) is 0 Å². The van der Waals surface area contributed by atoms with Gasteiger partial charge in [-0.25, -0.2) is 15.0 Å². The molecule has 2 aromatic heterocycles. The predicted molar refractivity (Wildman–Crippen MR) is 95.8 cm³/mol. The van der Waals surface area contributed by atoms with Crippen LogP contribution < -0.4 is 5.32 Å². The summed E-state index contributed by atoms with van der Waals surface area (Å²) in [6.07, 6.45) is 3.28. The number of aryl methyl sites for hydroxylation is 1. The highest BCUT2D eigenvalue weighted by atomic mass is 35.5. The van der Waals surface area contributed by atoms with Crippen LogP contribution in [-0.2, 0) is 13.0 Å². The number of halogens is 1. The smallest absolute Gasteiger partial charge is 0.188 e. The number of benzene rings is 1. The molecule has 0 spiro atoms. The maximum Gasteiger partial charge on any atom is 0.188 e. The number of hydrogen-bond donors (Lipinski definition) is 2. The second-order valence-corrected chi connectivity index (χ2v) is 6.57. The lowest BCUT2D eigenvalue weighted by molar-refractivity contribution is 0.139. The van der Waals surface area contributed by atoms with Crippen LogP contribution in [0.25, 0.3) is 10.8 Å². The van der Waals surface area contributed by atoms with Gasteiger partial charge in [0.2, 0.25) is 0 Å². The van der Waals surface area contributed by atoms with E-state index in [2.05, 4.69) is 20.3 Å². The van der Waals surface area contributed by atoms with Crippen LogP contribution in [0.15, 0.2) is 42.7 Å². The Morgan fingerprint density at radius 2 is 1.96 bits per heavy atom. The molecule has 24 heavy (non-hydrogen) atoms. The third-order valence-electron chi connectivity index (χ3n) is 3.51. The summed E-state index contributed by atoms with van der Waals surface area (Å²) >= 11 is 7.55. The SMILES string of the molecule is CCc1nc(-c2ncccn2)sc1C(O)NCc1ccccc1Cl. The fraction of sp³-hybridized carbons (Fsp3) is 0.235. The Labute approximate surface area is 149 Å². The molecular formula is C17H17ClN4OS. The first-order valence-electron chi connectivity index (χ1n) is 7.61. The van der Waals surface area contributed by atoms with E-state index in [1.807, 2.05) is 31.2 Å². The molecule has 5 nitrogen and oxygen atoms in total. The van der Waals surface area contributed by atoms with Crippen molar-refractivity contribution in [3.8, 4) is 10.8 Å². The standard InChI is InChI=1S/C17H17ClN4OS/c1-2-13-14(24-17(22-13)15-19-8-5-9-20-15)16(23)21-10-11-6-3-4-7-12(11)18/h3-9,16,21,23H,2,10H2,1H3. The highest BCUT2D eigenvalue weighted by molar-refractivity contribution is 7.15. The predicted octanol–water partition coefficient (Wildman–Crippen LogP) is 3.60. The van der Waals surface area contributed by atoms with E-state index in [1.54, 1.807) is 18.5 Å². The molecule has 1 aromatic carbocycles. The van der Waals surface area contributed by atoms with Crippen molar-refractivity contribution in [2.75, 3.05) is 0 Å². The third kappa shape index (κ3) is 3.79. The van der Waals surface area contributed by atoms with Crippen LogP contribution in [0.2, 0.25) is 5.02 Å². The van der Waals surface area contributed by atoms with E-state index in [4.69, 9.17) is 11.6 Å². The molecule has 0 aliphatic rings. The van der Waals surface area contributed by atoms with Crippen LogP contribution in [0, 0.1) is 0 Å². The third-order valence-corrected chi connectivity index (χ3v) is 5.03. The van der Waals surface area contributed by atoms with E-state index in [9.17, 15) is 5.11 Å². The molecule has 1 unspecified atom stereocenters. The van der Waals surface area contributed by atoms with Crippen molar-refractivity contribution in [2.45, 2.75) is 26.1 Å². The summed E-state index contributed by atoms with van der Waals surface area (Å²) in [5.41, 5.74) is 1.79. The molecule has 3 rings (SSSR count). The summed E-state index contributed by atoms with van der Waals surface area (Å²) in [6.45, 7) is 2.48. The molecule has 0 aliphatic carbocycles. The van der Waals surface area contributed by atoms with Gasteiger partial charge in [0.05, 0.1) is 10.6 Å². The number of rotatable bonds is 6. The van der Waals surface area contributed by atoms with Crippen LogP contribution in [-0.4, -0.2) is 20.1 Å². The van der Waals surface area contributed by atoms with Crippen molar-refractivity contribution < 1.29 is 5.11 Å². The van der Waals surface area contributed by atoms with Crippen molar-refractivity contribution in [1.29, 1.82) is 0 Å². The molecule has 2 heterocycles. The quantitative estimate of drug-likeness (QED) is 0.657. The van der Waals surface area contributed by atoms with Crippen LogP contribution in [0.3, 0.4) is 0 Å². The molecule has 0 fully saturated rings. The lowest BCUT2D eigenvalue weighted by Crippen LogP contribution is -2.20. The highest BCUT2D eigenvalue weighted by Gasteiger charge is 2.19. The minimum absolute atomic E-state index is 0.471. The van der Waals surface area contributed by atoms with Crippen LogP contribution in [0.5, 0.6) is 0 Å². The van der Waals surface area contributed by atoms with Crippen molar-refractivity contribution in [3.05, 3.63) is 63.9 Å². The van der Waals surface area contributed by atoms with Gasteiger partial charge in [0.25, 0.3) is 0 Å². The molecule has 1 atom stereocenters. The average Bonchev–Trinajstić information content (AvgIpc) is 3.06. The average molecular weight is 361 g/mol. The Balaban J connectivity index is 1.78. The second-order valence-electron chi connectivity index (χ2n) is 5.13. The number of aliphatic hydroxyl groups is 1. The summed E-state index contributed by atoms with van der Waals surface area (Å²) in [7, 11) is 0. The van der Waals surface area contributed by atoms with Gasteiger partial charge in [-0.2, -0.15) is 0 Å². The first-order valence-corrected chi connectivity index (χ1v) is 8.80. The zero-order valence-electron chi connectivity index (χ0n) is 13.1. The fourth-order valence-corrected chi connectivity index (χ4v) is 3.54. The van der Waals surface area contributed by atoms with Gasteiger partial charge in [0, 0.05) is 24.0 Å². The first-order chi connectivity index (χ1) is 11.7. The Bertz CT molecular complexity index is 809. The molecular weight excluding hydrogens is 344 g/mol. The monoisotopic (exact) mass is 360 g/mol. The number of aromatic nitrogens is 3. The molecule has 124 valence electrons. The van der Waals surface area contributed by atoms with Gasteiger partial charge in [-0.3, -0.25) is 5.32 Å². The van der Waals surface area contributed by atoms with Crippen molar-refractivity contribution in [3.63, 3.8) is 0 Å². The zero-order valence-corrected chi connectivity index (χ0v) is 14.7. The van der Waals surface area contributed by atoms with Gasteiger partial charge >= 0.3 is 0 Å². The fourth-order valence-electron chi connectivity index (χ4n) is 2.28. The lowest BCUT2D eigenvalue weighted by atomic mass is 10.2. The van der Waals surface area contributed by atoms with E-state index in [0.29, 0.717) is 22.4 Å². The molecule has 0 aliphatic heterocycles. The molecule has 0 radical (unpaired) electrons. The Hall–Kier alpha value is -1.86. The van der Waals surface area contributed by atoms with E-state index in [-0.39, 0.29) is 0 Å². The molecule has 2 N–H and O–H groups in total. The molecule has 0 saturated carbocycles. The van der Waals surface area contributed by atoms with Crippen molar-refractivity contribution >= 4 is 22.9 Å². The zero-order chi connectivity index (χ0) is 16.9. The van der Waals surface area contributed by atoms with Gasteiger partial charge in [0.15, 0.2) is 10.8 Å². The van der Waals surface area contributed by atoms with Crippen LogP contribution in [0.4, 0.5) is 0 Å². The molecule has 0 saturated heterocycles. The summed E-state index contributed by atoms with van der Waals surface area (Å²) in [5, 5.41) is 15.0. The minimum atomic E-state index is -0.814. The maximum absolute atomic E-state index is 10.5. The Morgan fingerprint density at radius 1 is 1.21 bits per heavy atom. The van der Waals surface area contributed by atoms with Crippen molar-refractivity contribution in [1.82, 2.24) is 20.3 Å². The summed E-state index contributed by atoms with van der Waals surface area (Å²) in [6, 6.07) is 9.33. The number of thiazole rings is 1. The number of aliphatic hydroxyl groups excluding tert-OH is 1. The molecule has 0 bridgehead atoms. The van der Waals surface area contributed by atoms with Crippen LogP contribution >= 0.6 is 22.9 Å². The Kier molecular flexibility index (Phi) is 5.52. The van der Waals surface area contributed by atoms with Gasteiger partial charge in [-0.1, -0.05) is 36.7 Å². The normalized spacial score (nSPS) is 12.3. The van der Waals surface area contributed by atoms with Gasteiger partial charge < -0.3 is 5.11 Å².